The summed E-state index contributed by atoms with van der Waals surface area (Å²) in [5.41, 5.74) is 6.67. The van der Waals surface area contributed by atoms with Crippen molar-refractivity contribution in [2.24, 2.45) is 0 Å². The molecule has 7 heteroatoms. The highest BCUT2D eigenvalue weighted by atomic mass is 32.2. The van der Waals surface area contributed by atoms with Gasteiger partial charge in [-0.15, -0.1) is 0 Å². The third-order valence-corrected chi connectivity index (χ3v) is 3.51. The van der Waals surface area contributed by atoms with Crippen molar-refractivity contribution in [1.82, 2.24) is 0 Å². The third kappa shape index (κ3) is 4.78. The molecule has 0 bridgehead atoms. The van der Waals surface area contributed by atoms with Crippen LogP contribution in [0.3, 0.4) is 0 Å². The Morgan fingerprint density at radius 2 is 2.11 bits per heavy atom. The van der Waals surface area contributed by atoms with E-state index in [1.54, 1.807) is 13.0 Å². The molecular weight excluding hydrogens is 268 g/mol. The maximum atomic E-state index is 11.3. The Hall–Kier alpha value is -1.76. The van der Waals surface area contributed by atoms with E-state index in [9.17, 15) is 13.2 Å². The lowest BCUT2D eigenvalue weighted by Gasteiger charge is -2.10. The topological polar surface area (TPSA) is 98.5 Å². The van der Waals surface area contributed by atoms with Crippen molar-refractivity contribution < 1.29 is 17.9 Å². The van der Waals surface area contributed by atoms with Gasteiger partial charge in [0.15, 0.2) is 9.84 Å². The number of anilines is 2. The molecule has 106 valence electrons. The predicted molar refractivity (Wildman–Crippen MR) is 73.7 cm³/mol. The zero-order valence-corrected chi connectivity index (χ0v) is 11.8. The van der Waals surface area contributed by atoms with E-state index in [-0.39, 0.29) is 17.3 Å². The van der Waals surface area contributed by atoms with Gasteiger partial charge >= 0.3 is 5.97 Å². The fraction of sp³-hybridized carbons (Fsp3) is 0.417. The predicted octanol–water partition coefficient (Wildman–Crippen LogP) is 1.04. The van der Waals surface area contributed by atoms with Crippen LogP contribution in [0, 0.1) is 0 Å². The maximum absolute atomic E-state index is 11.3. The van der Waals surface area contributed by atoms with Crippen molar-refractivity contribution in [2.75, 3.05) is 30.5 Å². The lowest BCUT2D eigenvalue weighted by Crippen LogP contribution is -2.12. The largest absolute Gasteiger partial charge is 0.466 e. The molecule has 0 fully saturated rings. The van der Waals surface area contributed by atoms with Gasteiger partial charge in [0, 0.05) is 12.8 Å². The highest BCUT2D eigenvalue weighted by Gasteiger charge is 2.09. The molecule has 0 aliphatic heterocycles. The second kappa shape index (κ2) is 6.42. The molecule has 0 aromatic heterocycles. The van der Waals surface area contributed by atoms with E-state index in [1.807, 2.05) is 0 Å². The smallest absolute Gasteiger partial charge is 0.307 e. The van der Waals surface area contributed by atoms with E-state index < -0.39 is 9.84 Å². The number of nitrogens with two attached hydrogens (primary N) is 1. The quantitative estimate of drug-likeness (QED) is 0.599. The van der Waals surface area contributed by atoms with Crippen LogP contribution in [0.1, 0.15) is 13.3 Å². The van der Waals surface area contributed by atoms with Crippen LogP contribution in [0.25, 0.3) is 0 Å². The number of nitrogen functional groups attached to an aromatic ring is 1. The summed E-state index contributed by atoms with van der Waals surface area (Å²) in [6.45, 7) is 2.47. The van der Waals surface area contributed by atoms with Gasteiger partial charge in [0.05, 0.1) is 29.3 Å². The van der Waals surface area contributed by atoms with Crippen molar-refractivity contribution in [1.29, 1.82) is 0 Å². The van der Waals surface area contributed by atoms with Crippen LogP contribution in [0.4, 0.5) is 11.4 Å². The van der Waals surface area contributed by atoms with Crippen molar-refractivity contribution in [2.45, 2.75) is 18.2 Å². The Kier molecular flexibility index (Phi) is 5.17. The van der Waals surface area contributed by atoms with Gasteiger partial charge in [-0.05, 0) is 25.1 Å². The Morgan fingerprint density at radius 1 is 1.42 bits per heavy atom. The highest BCUT2D eigenvalue weighted by Crippen LogP contribution is 2.22. The van der Waals surface area contributed by atoms with Gasteiger partial charge in [-0.2, -0.15) is 0 Å². The highest BCUT2D eigenvalue weighted by molar-refractivity contribution is 7.90. The number of carbonyl (C=O) groups excluding carboxylic acids is 1. The first-order valence-corrected chi connectivity index (χ1v) is 7.72. The average Bonchev–Trinajstić information content (AvgIpc) is 2.30. The normalized spacial score (nSPS) is 11.1. The van der Waals surface area contributed by atoms with Crippen molar-refractivity contribution in [3.8, 4) is 0 Å². The summed E-state index contributed by atoms with van der Waals surface area (Å²) in [5, 5.41) is 2.96. The number of hydrogen-bond acceptors (Lipinski definition) is 6. The molecule has 19 heavy (non-hydrogen) atoms. The minimum Gasteiger partial charge on any atom is -0.466 e. The number of rotatable bonds is 6. The van der Waals surface area contributed by atoms with Gasteiger partial charge in [0.1, 0.15) is 0 Å². The number of benzene rings is 1. The van der Waals surface area contributed by atoms with Crippen LogP contribution in [0.15, 0.2) is 23.1 Å². The molecule has 0 saturated carbocycles. The minimum absolute atomic E-state index is 0.168. The Morgan fingerprint density at radius 3 is 2.63 bits per heavy atom. The van der Waals surface area contributed by atoms with Crippen molar-refractivity contribution in [3.63, 3.8) is 0 Å². The third-order valence-electron chi connectivity index (χ3n) is 2.40. The van der Waals surface area contributed by atoms with Crippen LogP contribution < -0.4 is 11.1 Å². The molecule has 1 aromatic carbocycles. The molecule has 0 atom stereocenters. The molecule has 0 spiro atoms. The summed E-state index contributed by atoms with van der Waals surface area (Å²) in [6, 6.07) is 4.44. The molecular formula is C12H18N2O4S. The zero-order valence-electron chi connectivity index (χ0n) is 11.0. The van der Waals surface area contributed by atoms with Gasteiger partial charge < -0.3 is 15.8 Å². The Labute approximate surface area is 112 Å². The second-order valence-electron chi connectivity index (χ2n) is 4.00. The molecule has 1 rings (SSSR count). The van der Waals surface area contributed by atoms with Gasteiger partial charge in [-0.1, -0.05) is 0 Å². The van der Waals surface area contributed by atoms with Gasteiger partial charge in [0.25, 0.3) is 0 Å². The molecule has 0 aliphatic carbocycles. The van der Waals surface area contributed by atoms with E-state index in [2.05, 4.69) is 5.32 Å². The first-order chi connectivity index (χ1) is 8.84. The molecule has 0 aliphatic rings. The van der Waals surface area contributed by atoms with E-state index in [0.29, 0.717) is 24.5 Å². The Balaban J connectivity index is 2.64. The summed E-state index contributed by atoms with van der Waals surface area (Å²) < 4.78 is 27.5. The van der Waals surface area contributed by atoms with Crippen LogP contribution in [-0.2, 0) is 19.4 Å². The second-order valence-corrected chi connectivity index (χ2v) is 6.02. The molecule has 0 heterocycles. The number of nitrogens with one attached hydrogen (secondary N) is 1. The van der Waals surface area contributed by atoms with Crippen LogP contribution in [-0.4, -0.2) is 33.8 Å². The molecule has 6 nitrogen and oxygen atoms in total. The van der Waals surface area contributed by atoms with Crippen LogP contribution in [0.2, 0.25) is 0 Å². The molecule has 0 saturated heterocycles. The van der Waals surface area contributed by atoms with Gasteiger partial charge in [-0.3, -0.25) is 4.79 Å². The average molecular weight is 286 g/mol. The molecule has 0 amide bonds. The van der Waals surface area contributed by atoms with E-state index in [0.717, 1.165) is 6.26 Å². The van der Waals surface area contributed by atoms with E-state index in [4.69, 9.17) is 10.5 Å². The summed E-state index contributed by atoms with van der Waals surface area (Å²) in [4.78, 5) is 11.3. The lowest BCUT2D eigenvalue weighted by molar-refractivity contribution is -0.142. The minimum atomic E-state index is -3.27. The fourth-order valence-electron chi connectivity index (χ4n) is 1.46. The molecule has 3 N–H and O–H groups in total. The lowest BCUT2D eigenvalue weighted by atomic mass is 10.2. The van der Waals surface area contributed by atoms with Crippen molar-refractivity contribution >= 4 is 27.2 Å². The number of ether oxygens (including phenoxy) is 1. The Bertz CT molecular complexity index is 555. The van der Waals surface area contributed by atoms with Gasteiger partial charge in [-0.25, -0.2) is 8.42 Å². The summed E-state index contributed by atoms with van der Waals surface area (Å²) in [5.74, 6) is -0.290. The molecule has 1 aromatic rings. The standard InChI is InChI=1S/C12H18N2O4S/c1-3-18-12(15)6-7-14-11-5-4-9(8-10(11)13)19(2,16)17/h4-5,8,14H,3,6-7,13H2,1-2H3. The number of sulfone groups is 1. The molecule has 0 radical (unpaired) electrons. The van der Waals surface area contributed by atoms with Crippen molar-refractivity contribution in [3.05, 3.63) is 18.2 Å². The van der Waals surface area contributed by atoms with E-state index in [1.165, 1.54) is 12.1 Å². The van der Waals surface area contributed by atoms with Gasteiger partial charge in [0.2, 0.25) is 0 Å². The monoisotopic (exact) mass is 286 g/mol. The zero-order chi connectivity index (χ0) is 14.5. The first kappa shape index (κ1) is 15.3. The fourth-order valence-corrected chi connectivity index (χ4v) is 2.12. The summed E-state index contributed by atoms with van der Waals surface area (Å²) in [6.07, 6.45) is 1.34. The van der Waals surface area contributed by atoms with Crippen LogP contribution in [0.5, 0.6) is 0 Å². The van der Waals surface area contributed by atoms with Crippen LogP contribution >= 0.6 is 0 Å². The number of hydrogen-bond donors (Lipinski definition) is 2. The first-order valence-electron chi connectivity index (χ1n) is 5.83. The summed E-state index contributed by atoms with van der Waals surface area (Å²) in [7, 11) is -3.27. The number of carbonyl (C=O) groups is 1. The van der Waals surface area contributed by atoms with E-state index >= 15 is 0 Å². The number of esters is 1. The SMILES string of the molecule is CCOC(=O)CCNc1ccc(S(C)(=O)=O)cc1N. The maximum Gasteiger partial charge on any atom is 0.307 e. The molecule has 0 unspecified atom stereocenters. The summed E-state index contributed by atoms with van der Waals surface area (Å²) >= 11 is 0.